The number of fused-ring (bicyclic) bond motifs is 3. The van der Waals surface area contributed by atoms with Crippen molar-refractivity contribution in [3.05, 3.63) is 82.8 Å². The van der Waals surface area contributed by atoms with Gasteiger partial charge in [0.1, 0.15) is 5.52 Å². The summed E-state index contributed by atoms with van der Waals surface area (Å²) in [6, 6.07) is 19.3. The molecule has 136 valence electrons. The first-order chi connectivity index (χ1) is 13.2. The standard InChI is InChI=1S/C22H21N3O2/c1-2-16-7-5-8-17(15-16)23-21(26)12-14-25-19-10-4-3-9-18(19)24-13-6-11-20(24)22(25)27/h3-11,13,15H,2,12,14H2,1H3,(H,23,26). The molecule has 0 fully saturated rings. The third kappa shape index (κ3) is 3.24. The molecule has 5 heteroatoms. The number of amides is 1. The summed E-state index contributed by atoms with van der Waals surface area (Å²) >= 11 is 0. The fraction of sp³-hybridized carbons (Fsp3) is 0.182. The molecule has 0 aliphatic heterocycles. The van der Waals surface area contributed by atoms with Crippen LogP contribution in [0.4, 0.5) is 5.69 Å². The van der Waals surface area contributed by atoms with E-state index in [-0.39, 0.29) is 17.9 Å². The minimum atomic E-state index is -0.102. The van der Waals surface area contributed by atoms with Gasteiger partial charge in [0, 0.05) is 24.8 Å². The van der Waals surface area contributed by atoms with Crippen LogP contribution in [0, 0.1) is 0 Å². The Hall–Kier alpha value is -3.34. The molecule has 0 aliphatic carbocycles. The van der Waals surface area contributed by atoms with Crippen LogP contribution in [-0.4, -0.2) is 14.9 Å². The number of para-hydroxylation sites is 2. The minimum Gasteiger partial charge on any atom is -0.326 e. The molecule has 5 nitrogen and oxygen atoms in total. The van der Waals surface area contributed by atoms with Gasteiger partial charge in [0.2, 0.25) is 5.91 Å². The molecule has 0 spiro atoms. The van der Waals surface area contributed by atoms with Gasteiger partial charge in [-0.05, 0) is 48.4 Å². The van der Waals surface area contributed by atoms with E-state index in [9.17, 15) is 9.59 Å². The topological polar surface area (TPSA) is 55.5 Å². The zero-order valence-electron chi connectivity index (χ0n) is 15.2. The fourth-order valence-electron chi connectivity index (χ4n) is 3.44. The van der Waals surface area contributed by atoms with Crippen molar-refractivity contribution in [2.75, 3.05) is 5.32 Å². The van der Waals surface area contributed by atoms with Crippen LogP contribution in [0.3, 0.4) is 0 Å². The number of nitrogens with zero attached hydrogens (tertiary/aromatic N) is 2. The van der Waals surface area contributed by atoms with Crippen molar-refractivity contribution in [2.24, 2.45) is 0 Å². The molecule has 0 bridgehead atoms. The van der Waals surface area contributed by atoms with Gasteiger partial charge in [-0.25, -0.2) is 0 Å². The number of carbonyl (C=O) groups is 1. The second kappa shape index (κ2) is 7.11. The van der Waals surface area contributed by atoms with Crippen LogP contribution >= 0.6 is 0 Å². The molecule has 4 rings (SSSR count). The predicted molar refractivity (Wildman–Crippen MR) is 108 cm³/mol. The number of anilines is 1. The van der Waals surface area contributed by atoms with Gasteiger partial charge in [-0.1, -0.05) is 31.2 Å². The summed E-state index contributed by atoms with van der Waals surface area (Å²) in [5, 5.41) is 2.93. The summed E-state index contributed by atoms with van der Waals surface area (Å²) in [4.78, 5) is 25.3. The lowest BCUT2D eigenvalue weighted by molar-refractivity contribution is -0.116. The van der Waals surface area contributed by atoms with Gasteiger partial charge in [-0.3, -0.25) is 9.59 Å². The molecule has 2 aromatic heterocycles. The van der Waals surface area contributed by atoms with Gasteiger partial charge in [0.15, 0.2) is 0 Å². The van der Waals surface area contributed by atoms with E-state index in [2.05, 4.69) is 12.2 Å². The lowest BCUT2D eigenvalue weighted by Gasteiger charge is -2.13. The highest BCUT2D eigenvalue weighted by Crippen LogP contribution is 2.16. The van der Waals surface area contributed by atoms with Crippen molar-refractivity contribution in [3.63, 3.8) is 0 Å². The van der Waals surface area contributed by atoms with Gasteiger partial charge in [-0.15, -0.1) is 0 Å². The lowest BCUT2D eigenvalue weighted by atomic mass is 10.1. The normalized spacial score (nSPS) is 11.1. The number of aromatic nitrogens is 2. The van der Waals surface area contributed by atoms with Gasteiger partial charge < -0.3 is 14.3 Å². The smallest absolute Gasteiger partial charge is 0.275 e. The maximum atomic E-state index is 12.9. The predicted octanol–water partition coefficient (Wildman–Crippen LogP) is 3.85. The molecule has 0 saturated heterocycles. The van der Waals surface area contributed by atoms with E-state index in [1.165, 1.54) is 5.56 Å². The highest BCUT2D eigenvalue weighted by Gasteiger charge is 2.11. The van der Waals surface area contributed by atoms with E-state index in [4.69, 9.17) is 0 Å². The van der Waals surface area contributed by atoms with Crippen molar-refractivity contribution in [1.29, 1.82) is 0 Å². The number of hydrogen-bond donors (Lipinski definition) is 1. The summed E-state index contributed by atoms with van der Waals surface area (Å²) < 4.78 is 3.58. The highest BCUT2D eigenvalue weighted by molar-refractivity contribution is 5.90. The summed E-state index contributed by atoms with van der Waals surface area (Å²) in [5.41, 5.74) is 4.27. The Bertz CT molecular complexity index is 1190. The van der Waals surface area contributed by atoms with Crippen LogP contribution in [0.15, 0.2) is 71.7 Å². The molecule has 0 radical (unpaired) electrons. The zero-order chi connectivity index (χ0) is 18.8. The highest BCUT2D eigenvalue weighted by atomic mass is 16.2. The third-order valence-electron chi connectivity index (χ3n) is 4.83. The molecule has 0 atom stereocenters. The van der Waals surface area contributed by atoms with E-state index >= 15 is 0 Å². The van der Waals surface area contributed by atoms with Crippen molar-refractivity contribution >= 4 is 28.1 Å². The minimum absolute atomic E-state index is 0.0838. The Kier molecular flexibility index (Phi) is 4.50. The Morgan fingerprint density at radius 2 is 1.74 bits per heavy atom. The summed E-state index contributed by atoms with van der Waals surface area (Å²) in [6.07, 6.45) is 3.04. The van der Waals surface area contributed by atoms with Crippen molar-refractivity contribution in [1.82, 2.24) is 8.97 Å². The van der Waals surface area contributed by atoms with Crippen molar-refractivity contribution in [2.45, 2.75) is 26.3 Å². The molecule has 2 heterocycles. The zero-order valence-corrected chi connectivity index (χ0v) is 15.2. The SMILES string of the molecule is CCc1cccc(NC(=O)CCn2c(=O)c3cccn3c3ccccc32)c1. The van der Waals surface area contributed by atoms with E-state index in [1.54, 1.807) is 4.57 Å². The van der Waals surface area contributed by atoms with E-state index < -0.39 is 0 Å². The number of carbonyl (C=O) groups excluding carboxylic acids is 1. The average Bonchev–Trinajstić information content (AvgIpc) is 3.18. The molecule has 0 saturated carbocycles. The first kappa shape index (κ1) is 17.1. The largest absolute Gasteiger partial charge is 0.326 e. The maximum Gasteiger partial charge on any atom is 0.275 e. The van der Waals surface area contributed by atoms with E-state index in [1.807, 2.05) is 71.3 Å². The molecule has 2 aromatic carbocycles. The molecule has 1 amide bonds. The Balaban J connectivity index is 1.60. The van der Waals surface area contributed by atoms with Gasteiger partial charge in [-0.2, -0.15) is 0 Å². The molecule has 4 aromatic rings. The monoisotopic (exact) mass is 359 g/mol. The van der Waals surface area contributed by atoms with Crippen LogP contribution in [0.1, 0.15) is 18.9 Å². The van der Waals surface area contributed by atoms with Crippen LogP contribution in [0.25, 0.3) is 16.6 Å². The number of hydrogen-bond acceptors (Lipinski definition) is 2. The van der Waals surface area contributed by atoms with Crippen LogP contribution in [0.2, 0.25) is 0 Å². The summed E-state index contributed by atoms with van der Waals surface area (Å²) in [5.74, 6) is -0.102. The van der Waals surface area contributed by atoms with Crippen LogP contribution < -0.4 is 10.9 Å². The Morgan fingerprint density at radius 1 is 0.963 bits per heavy atom. The summed E-state index contributed by atoms with van der Waals surface area (Å²) in [6.45, 7) is 2.41. The van der Waals surface area contributed by atoms with Gasteiger partial charge in [0.05, 0.1) is 11.0 Å². The Morgan fingerprint density at radius 3 is 2.56 bits per heavy atom. The first-order valence-electron chi connectivity index (χ1n) is 9.15. The molecular weight excluding hydrogens is 338 g/mol. The van der Waals surface area contributed by atoms with E-state index in [0.29, 0.717) is 12.1 Å². The fourth-order valence-corrected chi connectivity index (χ4v) is 3.44. The second-order valence-corrected chi connectivity index (χ2v) is 6.56. The van der Waals surface area contributed by atoms with Crippen LogP contribution in [-0.2, 0) is 17.8 Å². The van der Waals surface area contributed by atoms with Crippen molar-refractivity contribution in [3.8, 4) is 0 Å². The Labute approximate surface area is 156 Å². The molecule has 1 N–H and O–H groups in total. The number of aryl methyl sites for hydroxylation is 2. The quantitative estimate of drug-likeness (QED) is 0.588. The summed E-state index contributed by atoms with van der Waals surface area (Å²) in [7, 11) is 0. The maximum absolute atomic E-state index is 12.9. The second-order valence-electron chi connectivity index (χ2n) is 6.56. The average molecular weight is 359 g/mol. The number of nitrogens with one attached hydrogen (secondary N) is 1. The third-order valence-corrected chi connectivity index (χ3v) is 4.83. The van der Waals surface area contributed by atoms with E-state index in [0.717, 1.165) is 23.1 Å². The lowest BCUT2D eigenvalue weighted by Crippen LogP contribution is -2.25. The number of rotatable bonds is 5. The molecule has 0 aliphatic rings. The van der Waals surface area contributed by atoms with Crippen LogP contribution in [0.5, 0.6) is 0 Å². The molecule has 27 heavy (non-hydrogen) atoms. The molecule has 0 unspecified atom stereocenters. The first-order valence-corrected chi connectivity index (χ1v) is 9.15. The van der Waals surface area contributed by atoms with Gasteiger partial charge >= 0.3 is 0 Å². The molecular formula is C22H21N3O2. The van der Waals surface area contributed by atoms with Crippen molar-refractivity contribution < 1.29 is 4.79 Å². The number of benzene rings is 2. The van der Waals surface area contributed by atoms with Gasteiger partial charge in [0.25, 0.3) is 5.56 Å².